The fraction of sp³-hybridized carbons (Fsp3) is 0.294. The Hall–Kier alpha value is -3.82. The van der Waals surface area contributed by atoms with Crippen LogP contribution in [-0.4, -0.2) is 40.2 Å². The van der Waals surface area contributed by atoms with E-state index in [1.807, 2.05) is 42.5 Å². The quantitative estimate of drug-likeness (QED) is 0.177. The molecular weight excluding hydrogens is 544 g/mol. The number of hydrogen-bond acceptors (Lipinski definition) is 6. The van der Waals surface area contributed by atoms with E-state index in [-0.39, 0.29) is 11.1 Å². The van der Waals surface area contributed by atoms with Gasteiger partial charge in [0.1, 0.15) is 11.6 Å². The van der Waals surface area contributed by atoms with Crippen LogP contribution in [-0.2, 0) is 13.9 Å². The maximum Gasteiger partial charge on any atom is 0.420 e. The topological polar surface area (TPSA) is 70.1 Å². The maximum absolute atomic E-state index is 13.5. The summed E-state index contributed by atoms with van der Waals surface area (Å²) >= 11 is 0. The van der Waals surface area contributed by atoms with Gasteiger partial charge in [-0.1, -0.05) is 106 Å². The molecule has 0 aliphatic carbocycles. The zero-order chi connectivity index (χ0) is 29.7. The molecule has 0 saturated heterocycles. The van der Waals surface area contributed by atoms with Crippen LogP contribution in [0, 0.1) is 0 Å². The minimum Gasteiger partial charge on any atom is -0.410 e. The third-order valence-electron chi connectivity index (χ3n) is 7.72. The first-order chi connectivity index (χ1) is 20.3. The van der Waals surface area contributed by atoms with Crippen LogP contribution in [0.5, 0.6) is 5.75 Å². The van der Waals surface area contributed by atoms with E-state index in [1.54, 1.807) is 31.3 Å². The first-order valence-electron chi connectivity index (χ1n) is 14.2. The fourth-order valence-corrected chi connectivity index (χ4v) is 10.5. The van der Waals surface area contributed by atoms with Gasteiger partial charge >= 0.3 is 6.09 Å². The summed E-state index contributed by atoms with van der Waals surface area (Å²) in [7, 11) is 0.246. The van der Waals surface area contributed by atoms with Crippen molar-refractivity contribution in [3.8, 4) is 5.75 Å². The smallest absolute Gasteiger partial charge is 0.410 e. The molecule has 5 rings (SSSR count). The first-order valence-corrected chi connectivity index (χ1v) is 16.1. The summed E-state index contributed by atoms with van der Waals surface area (Å²) in [5, 5.41) is 2.18. The third-order valence-corrected chi connectivity index (χ3v) is 12.8. The third kappa shape index (κ3) is 5.76. The molecule has 2 heterocycles. The molecule has 1 amide bonds. The van der Waals surface area contributed by atoms with Gasteiger partial charge in [0.2, 0.25) is 6.29 Å². The number of pyridine rings is 1. The van der Waals surface area contributed by atoms with Crippen molar-refractivity contribution in [1.29, 1.82) is 0 Å². The lowest BCUT2D eigenvalue weighted by molar-refractivity contribution is -0.108. The molecule has 1 aliphatic heterocycles. The normalized spacial score (nSPS) is 15.4. The highest BCUT2D eigenvalue weighted by Gasteiger charge is 2.52. The molecule has 3 aromatic carbocycles. The van der Waals surface area contributed by atoms with Crippen LogP contribution in [0.4, 0.5) is 10.6 Å². The molecule has 1 unspecified atom stereocenters. The lowest BCUT2D eigenvalue weighted by atomic mass is 10.0. The van der Waals surface area contributed by atoms with E-state index >= 15 is 0 Å². The minimum atomic E-state index is -2.88. The molecule has 0 fully saturated rings. The molecule has 1 aromatic heterocycles. The monoisotopic (exact) mass is 582 g/mol. The number of carbonyl (C=O) groups excluding carboxylic acids is 1. The summed E-state index contributed by atoms with van der Waals surface area (Å²) in [6, 6.07) is 34.0. The average molecular weight is 583 g/mol. The SMILES string of the molecule is COC(OC)c1ccc2c(n1)N(C(=O)Oc1ccccc1)CCC2O[Si](c1ccccc1)(c1ccccc1)C(C)(C)C. The summed E-state index contributed by atoms with van der Waals surface area (Å²) in [6.45, 7) is 7.16. The highest BCUT2D eigenvalue weighted by atomic mass is 28.4. The number of hydrogen-bond donors (Lipinski definition) is 0. The molecule has 1 aliphatic rings. The van der Waals surface area contributed by atoms with Crippen LogP contribution in [0.25, 0.3) is 0 Å². The standard InChI is InChI=1S/C34H38N2O5Si/c1-34(2,3)42(26-17-11-7-12-18-26,27-19-13-8-14-20-27)41-30-23-24-36(33(37)40-25-15-9-6-10-16-25)31-28(30)21-22-29(35-31)32(38-4)39-5/h6-22,30,32H,23-24H2,1-5H3. The predicted octanol–water partition coefficient (Wildman–Crippen LogP) is 6.40. The highest BCUT2D eigenvalue weighted by molar-refractivity contribution is 6.99. The van der Waals surface area contributed by atoms with Gasteiger partial charge in [0.05, 0.1) is 11.8 Å². The summed E-state index contributed by atoms with van der Waals surface area (Å²) in [6.07, 6.45) is -0.903. The Bertz CT molecular complexity index is 1440. The molecule has 1 atom stereocenters. The maximum atomic E-state index is 13.5. The van der Waals surface area contributed by atoms with Gasteiger partial charge < -0.3 is 18.6 Å². The summed E-state index contributed by atoms with van der Waals surface area (Å²) in [5.41, 5.74) is 1.39. The lowest BCUT2D eigenvalue weighted by Gasteiger charge is -2.46. The number of ether oxygens (including phenoxy) is 3. The van der Waals surface area contributed by atoms with Gasteiger partial charge in [0, 0.05) is 26.3 Å². The Morgan fingerprint density at radius 2 is 1.38 bits per heavy atom. The van der Waals surface area contributed by atoms with Crippen molar-refractivity contribution in [2.24, 2.45) is 0 Å². The van der Waals surface area contributed by atoms with E-state index < -0.39 is 20.7 Å². The summed E-state index contributed by atoms with van der Waals surface area (Å²) in [5.74, 6) is 0.958. The molecule has 7 nitrogen and oxygen atoms in total. The lowest BCUT2D eigenvalue weighted by Crippen LogP contribution is -2.67. The van der Waals surface area contributed by atoms with Crippen LogP contribution >= 0.6 is 0 Å². The van der Waals surface area contributed by atoms with Crippen molar-refractivity contribution >= 4 is 30.6 Å². The Labute approximate surface area is 249 Å². The average Bonchev–Trinajstić information content (AvgIpc) is 3.01. The molecule has 0 radical (unpaired) electrons. The second-order valence-corrected chi connectivity index (χ2v) is 15.6. The van der Waals surface area contributed by atoms with Crippen molar-refractivity contribution in [1.82, 2.24) is 4.98 Å². The van der Waals surface area contributed by atoms with Crippen LogP contribution in [0.2, 0.25) is 5.04 Å². The number of anilines is 1. The van der Waals surface area contributed by atoms with Gasteiger partial charge in [-0.2, -0.15) is 0 Å². The Morgan fingerprint density at radius 1 is 0.833 bits per heavy atom. The Balaban J connectivity index is 1.61. The van der Waals surface area contributed by atoms with Gasteiger partial charge in [0.25, 0.3) is 8.32 Å². The van der Waals surface area contributed by atoms with Crippen LogP contribution < -0.4 is 20.0 Å². The predicted molar refractivity (Wildman–Crippen MR) is 167 cm³/mol. The van der Waals surface area contributed by atoms with Crippen molar-refractivity contribution in [2.45, 2.75) is 44.6 Å². The molecular formula is C34H38N2O5Si. The van der Waals surface area contributed by atoms with E-state index in [2.05, 4.69) is 69.3 Å². The highest BCUT2D eigenvalue weighted by Crippen LogP contribution is 2.44. The molecule has 0 N–H and O–H groups in total. The van der Waals surface area contributed by atoms with Crippen LogP contribution in [0.1, 0.15) is 50.8 Å². The number of rotatable bonds is 8. The fourth-order valence-electron chi connectivity index (χ4n) is 5.77. The van der Waals surface area contributed by atoms with E-state index in [9.17, 15) is 4.79 Å². The Morgan fingerprint density at radius 3 is 1.90 bits per heavy atom. The number of aromatic nitrogens is 1. The molecule has 8 heteroatoms. The molecule has 4 aromatic rings. The second kappa shape index (κ2) is 12.6. The molecule has 218 valence electrons. The minimum absolute atomic E-state index is 0.205. The van der Waals surface area contributed by atoms with E-state index in [0.717, 1.165) is 5.56 Å². The summed E-state index contributed by atoms with van der Waals surface area (Å²) < 4.78 is 24.2. The van der Waals surface area contributed by atoms with Gasteiger partial charge in [-0.15, -0.1) is 0 Å². The van der Waals surface area contributed by atoms with Crippen molar-refractivity contribution < 1.29 is 23.4 Å². The molecule has 42 heavy (non-hydrogen) atoms. The number of methoxy groups -OCH3 is 2. The molecule has 0 saturated carbocycles. The number of amides is 1. The van der Waals surface area contributed by atoms with Crippen molar-refractivity contribution in [3.05, 3.63) is 114 Å². The van der Waals surface area contributed by atoms with E-state index in [1.165, 1.54) is 10.4 Å². The number of para-hydroxylation sites is 1. The summed E-state index contributed by atoms with van der Waals surface area (Å²) in [4.78, 5) is 20.0. The van der Waals surface area contributed by atoms with Crippen LogP contribution in [0.15, 0.2) is 103 Å². The number of carbonyl (C=O) groups is 1. The van der Waals surface area contributed by atoms with Gasteiger partial charge in [-0.3, -0.25) is 4.90 Å². The number of nitrogens with zero attached hydrogens (tertiary/aromatic N) is 2. The van der Waals surface area contributed by atoms with Crippen LogP contribution in [0.3, 0.4) is 0 Å². The van der Waals surface area contributed by atoms with Gasteiger partial charge in [-0.05, 0) is 40.0 Å². The Kier molecular flexibility index (Phi) is 8.89. The van der Waals surface area contributed by atoms with E-state index in [0.29, 0.717) is 30.2 Å². The molecule has 0 bridgehead atoms. The van der Waals surface area contributed by atoms with Crippen molar-refractivity contribution in [3.63, 3.8) is 0 Å². The zero-order valence-electron chi connectivity index (χ0n) is 24.8. The van der Waals surface area contributed by atoms with E-state index in [4.69, 9.17) is 23.6 Å². The first kappa shape index (κ1) is 29.7. The molecule has 0 spiro atoms. The number of benzene rings is 3. The number of fused-ring (bicyclic) bond motifs is 1. The zero-order valence-corrected chi connectivity index (χ0v) is 25.8. The van der Waals surface area contributed by atoms with Gasteiger partial charge in [-0.25, -0.2) is 9.78 Å². The second-order valence-electron chi connectivity index (χ2n) is 11.3. The van der Waals surface area contributed by atoms with Crippen molar-refractivity contribution in [2.75, 3.05) is 25.7 Å². The van der Waals surface area contributed by atoms with Gasteiger partial charge in [0.15, 0.2) is 0 Å². The largest absolute Gasteiger partial charge is 0.420 e.